The van der Waals surface area contributed by atoms with Crippen LogP contribution in [-0.4, -0.2) is 14.5 Å². The normalized spacial score (nSPS) is 6.82. The number of benzene rings is 1. The second-order valence-corrected chi connectivity index (χ2v) is 4.47. The van der Waals surface area contributed by atoms with E-state index in [1.54, 1.807) is 0 Å². The van der Waals surface area contributed by atoms with Gasteiger partial charge in [-0.05, 0) is 0 Å². The number of fused-ring (bicyclic) bond motifs is 1. The number of hydrogen-bond acceptors (Lipinski definition) is 0. The number of halogens is 2. The first-order chi connectivity index (χ1) is 8.38. The summed E-state index contributed by atoms with van der Waals surface area (Å²) in [6.45, 7) is 4.31. The molecule has 0 aliphatic heterocycles. The van der Waals surface area contributed by atoms with Crippen LogP contribution in [0.1, 0.15) is 0 Å². The molecule has 0 fully saturated rings. The number of rotatable bonds is 0. The van der Waals surface area contributed by atoms with Crippen molar-refractivity contribution in [1.29, 1.82) is 0 Å². The van der Waals surface area contributed by atoms with Crippen molar-refractivity contribution in [3.05, 3.63) is 81.8 Å². The largest absolute Gasteiger partial charge is 4.00 e. The zero-order chi connectivity index (χ0) is 12.3. The van der Waals surface area contributed by atoms with Crippen LogP contribution in [-0.2, 0) is 21.7 Å². The summed E-state index contributed by atoms with van der Waals surface area (Å²) in [6.07, 6.45) is 4.56. The Hall–Kier alpha value is -0.379. The molecule has 0 amide bonds. The quantitative estimate of drug-likeness (QED) is 0.363. The standard InChI is InChI=1S/C9H7.C4H4N.C2H6Si.2CH3.2ClH.Ti/c1-2-5-9-7-3-6-8(9)4-1;1-2-4-5-3-1;1-3-2;;;;;/h1-7H;1-3,5H;1-2H3;2*1H3;2*1H;/q2*-1;;2*-1;;;+4. The first kappa shape index (κ1) is 33.3. The van der Waals surface area contributed by atoms with Crippen molar-refractivity contribution in [2.75, 3.05) is 0 Å². The second-order valence-electron chi connectivity index (χ2n) is 3.47. The number of H-pyrrole nitrogens is 1. The molecule has 1 aromatic heterocycles. The summed E-state index contributed by atoms with van der Waals surface area (Å²) in [5.41, 5.74) is 0. The fourth-order valence-electron chi connectivity index (χ4n) is 1.31. The molecule has 0 aliphatic carbocycles. The van der Waals surface area contributed by atoms with Gasteiger partial charge in [-0.1, -0.05) is 19.2 Å². The Morgan fingerprint density at radius 2 is 1.59 bits per heavy atom. The molecule has 0 spiro atoms. The van der Waals surface area contributed by atoms with E-state index >= 15 is 0 Å². The summed E-state index contributed by atoms with van der Waals surface area (Å²) >= 11 is 0. The van der Waals surface area contributed by atoms with Crippen molar-refractivity contribution in [2.45, 2.75) is 13.1 Å². The van der Waals surface area contributed by atoms with Gasteiger partial charge in [0.1, 0.15) is 0 Å². The van der Waals surface area contributed by atoms with E-state index in [1.807, 2.05) is 18.3 Å². The Balaban J connectivity index is -0.0000000662. The maximum absolute atomic E-state index is 2.74. The molecular formula is C17H25Cl2NSiTi. The third-order valence-electron chi connectivity index (χ3n) is 1.99. The molecule has 2 radical (unpaired) electrons. The SMILES string of the molecule is C[Si]C.Cl.Cl.[CH3-].[CH3-].[Ti+4].[c-]1ccc[nH]1.c1ccc2[cH-]ccc2c1. The fraction of sp³-hybridized carbons (Fsp3) is 0.118. The van der Waals surface area contributed by atoms with Crippen LogP contribution in [0.5, 0.6) is 0 Å². The third kappa shape index (κ3) is 14.6. The van der Waals surface area contributed by atoms with Gasteiger partial charge in [0.15, 0.2) is 0 Å². The molecule has 22 heavy (non-hydrogen) atoms. The van der Waals surface area contributed by atoms with Crippen molar-refractivity contribution < 1.29 is 21.7 Å². The van der Waals surface area contributed by atoms with Crippen molar-refractivity contribution in [1.82, 2.24) is 4.98 Å². The third-order valence-corrected chi connectivity index (χ3v) is 1.99. The zero-order valence-corrected chi connectivity index (χ0v) is 17.8. The van der Waals surface area contributed by atoms with Crippen molar-refractivity contribution >= 4 is 45.1 Å². The van der Waals surface area contributed by atoms with Gasteiger partial charge in [-0.3, -0.25) is 0 Å². The van der Waals surface area contributed by atoms with Gasteiger partial charge in [0, 0.05) is 9.52 Å². The van der Waals surface area contributed by atoms with E-state index in [0.29, 0.717) is 0 Å². The molecule has 0 unspecified atom stereocenters. The summed E-state index contributed by atoms with van der Waals surface area (Å²) in [5, 5.41) is 2.66. The monoisotopic (exact) mass is 389 g/mol. The molecule has 1 nitrogen and oxygen atoms in total. The van der Waals surface area contributed by atoms with Crippen LogP contribution in [0, 0.1) is 21.1 Å². The molecule has 0 aliphatic rings. The van der Waals surface area contributed by atoms with Crippen molar-refractivity contribution in [3.8, 4) is 0 Å². The molecule has 0 atom stereocenters. The van der Waals surface area contributed by atoms with Crippen LogP contribution < -0.4 is 0 Å². The Bertz CT molecular complexity index is 451. The number of hydrogen-bond donors (Lipinski definition) is 1. The predicted octanol–water partition coefficient (Wildman–Crippen LogP) is 5.90. The summed E-state index contributed by atoms with van der Waals surface area (Å²) in [4.78, 5) is 2.74. The smallest absolute Gasteiger partial charge is 0.484 e. The molecule has 0 saturated carbocycles. The molecule has 2 aromatic carbocycles. The zero-order valence-electron chi connectivity index (χ0n) is 13.6. The van der Waals surface area contributed by atoms with Crippen LogP contribution >= 0.6 is 24.8 Å². The molecule has 0 bridgehead atoms. The fourth-order valence-corrected chi connectivity index (χ4v) is 1.31. The maximum atomic E-state index is 2.74. The summed E-state index contributed by atoms with van der Waals surface area (Å²) in [6, 6.07) is 18.4. The number of aromatic nitrogens is 1. The minimum Gasteiger partial charge on any atom is -0.484 e. The second kappa shape index (κ2) is 22.9. The average Bonchev–Trinajstić information content (AvgIpc) is 3.05. The van der Waals surface area contributed by atoms with Crippen LogP contribution in [0.15, 0.2) is 60.8 Å². The Kier molecular flexibility index (Phi) is 34.6. The van der Waals surface area contributed by atoms with E-state index in [0.717, 1.165) is 9.52 Å². The van der Waals surface area contributed by atoms with Gasteiger partial charge in [0.25, 0.3) is 0 Å². The first-order valence-electron chi connectivity index (χ1n) is 5.57. The van der Waals surface area contributed by atoms with E-state index in [2.05, 4.69) is 66.7 Å². The molecule has 1 heterocycles. The maximum Gasteiger partial charge on any atom is 4.00 e. The van der Waals surface area contributed by atoms with Gasteiger partial charge in [0.05, 0.1) is 0 Å². The topological polar surface area (TPSA) is 15.8 Å². The Labute approximate surface area is 166 Å². The van der Waals surface area contributed by atoms with Crippen LogP contribution in [0.4, 0.5) is 0 Å². The van der Waals surface area contributed by atoms with Gasteiger partial charge < -0.3 is 19.8 Å². The molecule has 3 aromatic rings. The summed E-state index contributed by atoms with van der Waals surface area (Å²) in [5.74, 6) is 0. The van der Waals surface area contributed by atoms with Gasteiger partial charge in [-0.15, -0.1) is 60.7 Å². The average molecular weight is 390 g/mol. The summed E-state index contributed by atoms with van der Waals surface area (Å²) in [7, 11) is 1.08. The first-order valence-corrected chi connectivity index (χ1v) is 7.57. The predicted molar refractivity (Wildman–Crippen MR) is 104 cm³/mol. The van der Waals surface area contributed by atoms with Crippen molar-refractivity contribution in [2.24, 2.45) is 0 Å². The van der Waals surface area contributed by atoms with Gasteiger partial charge in [-0.2, -0.15) is 35.8 Å². The van der Waals surface area contributed by atoms with Gasteiger partial charge >= 0.3 is 21.7 Å². The van der Waals surface area contributed by atoms with Gasteiger partial charge in [0.2, 0.25) is 0 Å². The summed E-state index contributed by atoms with van der Waals surface area (Å²) < 4.78 is 0. The van der Waals surface area contributed by atoms with Crippen LogP contribution in [0.3, 0.4) is 0 Å². The van der Waals surface area contributed by atoms with Crippen LogP contribution in [0.2, 0.25) is 13.1 Å². The molecule has 1 N–H and O–H groups in total. The Morgan fingerprint density at radius 3 is 2.00 bits per heavy atom. The molecule has 5 heteroatoms. The van der Waals surface area contributed by atoms with E-state index in [-0.39, 0.29) is 61.4 Å². The van der Waals surface area contributed by atoms with E-state index in [9.17, 15) is 0 Å². The number of nitrogens with one attached hydrogen (secondary N) is 1. The molecular weight excluding hydrogens is 365 g/mol. The van der Waals surface area contributed by atoms with E-state index in [4.69, 9.17) is 0 Å². The van der Waals surface area contributed by atoms with Crippen LogP contribution in [0.25, 0.3) is 10.8 Å². The van der Waals surface area contributed by atoms with E-state index in [1.165, 1.54) is 10.8 Å². The van der Waals surface area contributed by atoms with Gasteiger partial charge in [-0.25, -0.2) is 0 Å². The minimum absolute atomic E-state index is 0. The Morgan fingerprint density at radius 1 is 1.00 bits per heavy atom. The van der Waals surface area contributed by atoms with Crippen molar-refractivity contribution in [3.63, 3.8) is 0 Å². The molecule has 0 saturated heterocycles. The minimum atomic E-state index is 0. The molecule has 120 valence electrons. The number of aromatic amines is 1. The molecule has 3 rings (SSSR count). The van der Waals surface area contributed by atoms with E-state index < -0.39 is 0 Å².